The molecule has 33 heavy (non-hydrogen) atoms. The topological polar surface area (TPSA) is 110 Å². The molecule has 4 rings (SSSR count). The van der Waals surface area contributed by atoms with Crippen molar-refractivity contribution in [2.75, 3.05) is 16.3 Å². The highest BCUT2D eigenvalue weighted by molar-refractivity contribution is 6.23. The first-order chi connectivity index (χ1) is 15.8. The van der Waals surface area contributed by atoms with Gasteiger partial charge < -0.3 is 11.5 Å². The number of amides is 3. The molecule has 0 radical (unpaired) electrons. The molecule has 7 nitrogen and oxygen atoms in total. The predicted molar refractivity (Wildman–Crippen MR) is 130 cm³/mol. The second-order valence-electron chi connectivity index (χ2n) is 7.93. The molecular weight excluding hydrogens is 416 g/mol. The monoisotopic (exact) mass is 444 g/mol. The van der Waals surface area contributed by atoms with E-state index < -0.39 is 23.8 Å². The Morgan fingerprint density at radius 2 is 1.33 bits per heavy atom. The molecule has 1 atom stereocenters. The van der Waals surface area contributed by atoms with Gasteiger partial charge >= 0.3 is 0 Å². The summed E-state index contributed by atoms with van der Waals surface area (Å²) >= 11 is 0. The van der Waals surface area contributed by atoms with Crippen LogP contribution in [0.4, 0.5) is 17.1 Å². The molecule has 1 unspecified atom stereocenters. The van der Waals surface area contributed by atoms with E-state index in [1.165, 1.54) is 10.5 Å². The Balaban J connectivity index is 0.000000286. The van der Waals surface area contributed by atoms with E-state index in [9.17, 15) is 14.4 Å². The minimum atomic E-state index is -1.42. The minimum Gasteiger partial charge on any atom is -0.368 e. The molecule has 0 bridgehead atoms. The Kier molecular flexibility index (Phi) is 7.58. The Morgan fingerprint density at radius 1 is 0.818 bits per heavy atom. The molecule has 0 aliphatic carbocycles. The Labute approximate surface area is 193 Å². The summed E-state index contributed by atoms with van der Waals surface area (Å²) in [5, 5.41) is 0. The molecule has 0 spiro atoms. The molecule has 0 saturated carbocycles. The molecule has 0 fully saturated rings. The van der Waals surface area contributed by atoms with Crippen molar-refractivity contribution in [3.8, 4) is 0 Å². The second kappa shape index (κ2) is 10.6. The van der Waals surface area contributed by atoms with E-state index >= 15 is 0 Å². The van der Waals surface area contributed by atoms with Gasteiger partial charge in [-0.2, -0.15) is 0 Å². The molecule has 0 saturated heterocycles. The molecule has 3 aromatic rings. The lowest BCUT2D eigenvalue weighted by atomic mass is 10.0. The van der Waals surface area contributed by atoms with Crippen LogP contribution in [0.2, 0.25) is 0 Å². The first-order valence-electron chi connectivity index (χ1n) is 10.7. The minimum absolute atomic E-state index is 0.348. The molecular formula is C26H28N4O3. The van der Waals surface area contributed by atoms with Crippen LogP contribution in [-0.2, 0) is 14.4 Å². The highest BCUT2D eigenvalue weighted by Gasteiger charge is 2.39. The van der Waals surface area contributed by atoms with Gasteiger partial charge in [-0.05, 0) is 35.7 Å². The summed E-state index contributed by atoms with van der Waals surface area (Å²) in [6.45, 7) is 4.06. The number of rotatable bonds is 4. The number of nitrogens with two attached hydrogens (primary N) is 2. The zero-order chi connectivity index (χ0) is 24.0. The van der Waals surface area contributed by atoms with Crippen LogP contribution in [-0.4, -0.2) is 30.3 Å². The van der Waals surface area contributed by atoms with Crippen molar-refractivity contribution in [3.05, 3.63) is 90.5 Å². The third kappa shape index (κ3) is 5.45. The summed E-state index contributed by atoms with van der Waals surface area (Å²) in [5.41, 5.74) is 14.0. The summed E-state index contributed by atoms with van der Waals surface area (Å²) in [7, 11) is 0. The van der Waals surface area contributed by atoms with Gasteiger partial charge in [0.1, 0.15) is 6.54 Å². The molecule has 3 amide bonds. The van der Waals surface area contributed by atoms with Crippen LogP contribution in [0.1, 0.15) is 25.3 Å². The van der Waals surface area contributed by atoms with E-state index in [2.05, 4.69) is 38.1 Å². The van der Waals surface area contributed by atoms with Gasteiger partial charge in [0.25, 0.3) is 11.8 Å². The second-order valence-corrected chi connectivity index (χ2v) is 7.93. The lowest BCUT2D eigenvalue weighted by molar-refractivity contribution is -0.129. The van der Waals surface area contributed by atoms with Gasteiger partial charge in [-0.1, -0.05) is 74.5 Å². The quantitative estimate of drug-likeness (QED) is 0.602. The number of anilines is 3. The Hall–Kier alpha value is -3.97. The summed E-state index contributed by atoms with van der Waals surface area (Å²) in [6.07, 6.45) is 0. The standard InChI is InChI=1S/C17H16N4O3.C9H12/c18-14(22)10-20-12-8-4-5-9-13(12)21(11-6-2-1-3-7-11)17(24)15(19)16(20)23;1-8(2)9-6-4-3-5-7-9/h1-9,15H,10,19H2,(H2,18,22);3-8H,1-2H3. The van der Waals surface area contributed by atoms with Crippen molar-refractivity contribution in [1.82, 2.24) is 0 Å². The molecule has 1 aliphatic rings. The normalized spacial score (nSPS) is 15.5. The highest BCUT2D eigenvalue weighted by atomic mass is 16.2. The van der Waals surface area contributed by atoms with E-state index in [1.807, 2.05) is 12.1 Å². The molecule has 4 N–H and O–H groups in total. The summed E-state index contributed by atoms with van der Waals surface area (Å²) in [6, 6.07) is 24.8. The van der Waals surface area contributed by atoms with Gasteiger partial charge in [-0.25, -0.2) is 0 Å². The highest BCUT2D eigenvalue weighted by Crippen LogP contribution is 2.37. The van der Waals surface area contributed by atoms with E-state index in [0.29, 0.717) is 23.0 Å². The Bertz CT molecular complexity index is 1120. The van der Waals surface area contributed by atoms with Crippen LogP contribution >= 0.6 is 0 Å². The lowest BCUT2D eigenvalue weighted by Gasteiger charge is -2.24. The third-order valence-corrected chi connectivity index (χ3v) is 5.23. The first-order valence-corrected chi connectivity index (χ1v) is 10.7. The van der Waals surface area contributed by atoms with Gasteiger partial charge in [0.15, 0.2) is 6.04 Å². The van der Waals surface area contributed by atoms with Crippen LogP contribution in [0.15, 0.2) is 84.9 Å². The van der Waals surface area contributed by atoms with Gasteiger partial charge in [0.2, 0.25) is 5.91 Å². The van der Waals surface area contributed by atoms with Crippen LogP contribution in [0.25, 0.3) is 0 Å². The Morgan fingerprint density at radius 3 is 1.85 bits per heavy atom. The fourth-order valence-electron chi connectivity index (χ4n) is 3.53. The maximum absolute atomic E-state index is 12.8. The number of benzene rings is 3. The van der Waals surface area contributed by atoms with Gasteiger partial charge in [0.05, 0.1) is 11.4 Å². The third-order valence-electron chi connectivity index (χ3n) is 5.23. The lowest BCUT2D eigenvalue weighted by Crippen LogP contribution is -2.51. The zero-order valence-corrected chi connectivity index (χ0v) is 18.7. The zero-order valence-electron chi connectivity index (χ0n) is 18.7. The molecule has 0 aromatic heterocycles. The fraction of sp³-hybridized carbons (Fsp3) is 0.192. The summed E-state index contributed by atoms with van der Waals surface area (Å²) in [5.74, 6) is -1.26. The van der Waals surface area contributed by atoms with E-state index in [0.717, 1.165) is 4.90 Å². The number of nitrogens with zero attached hydrogens (tertiary/aromatic N) is 2. The van der Waals surface area contributed by atoms with Crippen molar-refractivity contribution >= 4 is 34.8 Å². The van der Waals surface area contributed by atoms with Crippen molar-refractivity contribution in [2.45, 2.75) is 25.8 Å². The number of para-hydroxylation sites is 3. The van der Waals surface area contributed by atoms with Gasteiger partial charge in [-0.15, -0.1) is 0 Å². The number of primary amides is 1. The number of hydrogen-bond donors (Lipinski definition) is 2. The maximum atomic E-state index is 12.8. The molecule has 3 aromatic carbocycles. The summed E-state index contributed by atoms with van der Waals surface area (Å²) in [4.78, 5) is 39.3. The van der Waals surface area contributed by atoms with E-state index in [-0.39, 0.29) is 6.54 Å². The van der Waals surface area contributed by atoms with Gasteiger partial charge in [0, 0.05) is 5.69 Å². The van der Waals surface area contributed by atoms with Crippen LogP contribution in [0.5, 0.6) is 0 Å². The van der Waals surface area contributed by atoms with E-state index in [1.54, 1.807) is 48.5 Å². The smallest absolute Gasteiger partial charge is 0.258 e. The van der Waals surface area contributed by atoms with Gasteiger partial charge in [-0.3, -0.25) is 24.2 Å². The number of carbonyl (C=O) groups is 3. The van der Waals surface area contributed by atoms with Crippen molar-refractivity contribution < 1.29 is 14.4 Å². The molecule has 1 aliphatic heterocycles. The average molecular weight is 445 g/mol. The number of hydrogen-bond acceptors (Lipinski definition) is 4. The molecule has 7 heteroatoms. The molecule has 1 heterocycles. The number of fused-ring (bicyclic) bond motifs is 1. The summed E-state index contributed by atoms with van der Waals surface area (Å²) < 4.78 is 0. The largest absolute Gasteiger partial charge is 0.368 e. The van der Waals surface area contributed by atoms with E-state index in [4.69, 9.17) is 11.5 Å². The van der Waals surface area contributed by atoms with Crippen molar-refractivity contribution in [3.63, 3.8) is 0 Å². The predicted octanol–water partition coefficient (Wildman–Crippen LogP) is 3.32. The molecule has 170 valence electrons. The average Bonchev–Trinajstić information content (AvgIpc) is 2.90. The SMILES string of the molecule is CC(C)c1ccccc1.NC(=O)CN1C(=O)C(N)C(=O)N(c2ccccc2)c2ccccc21. The van der Waals surface area contributed by atoms with Crippen LogP contribution in [0.3, 0.4) is 0 Å². The van der Waals surface area contributed by atoms with Crippen LogP contribution < -0.4 is 21.3 Å². The van der Waals surface area contributed by atoms with Crippen molar-refractivity contribution in [1.29, 1.82) is 0 Å². The first kappa shape index (κ1) is 23.7. The number of carbonyl (C=O) groups excluding carboxylic acids is 3. The maximum Gasteiger partial charge on any atom is 0.258 e. The fourth-order valence-corrected chi connectivity index (χ4v) is 3.53. The van der Waals surface area contributed by atoms with Crippen LogP contribution in [0, 0.1) is 0 Å². The van der Waals surface area contributed by atoms with Crippen molar-refractivity contribution in [2.24, 2.45) is 11.5 Å².